The van der Waals surface area contributed by atoms with Crippen LogP contribution in [0.25, 0.3) is 0 Å². The van der Waals surface area contributed by atoms with Gasteiger partial charge in [0.2, 0.25) is 5.91 Å². The molecule has 1 aromatic carbocycles. The topological polar surface area (TPSA) is 41.1 Å². The average molecular weight is 304 g/mol. The van der Waals surface area contributed by atoms with E-state index >= 15 is 0 Å². The van der Waals surface area contributed by atoms with Crippen LogP contribution in [0.15, 0.2) is 30.3 Å². The van der Waals surface area contributed by atoms with Crippen molar-refractivity contribution in [2.45, 2.75) is 51.9 Å². The van der Waals surface area contributed by atoms with Crippen LogP contribution in [0.1, 0.15) is 52.0 Å². The van der Waals surface area contributed by atoms with Gasteiger partial charge in [-0.1, -0.05) is 51.1 Å². The molecule has 124 valence electrons. The Labute approximate surface area is 135 Å². The normalized spacial score (nSPS) is 24.1. The number of hydrogen-bond donors (Lipinski definition) is 2. The van der Waals surface area contributed by atoms with Crippen molar-refractivity contribution < 1.29 is 4.79 Å². The summed E-state index contributed by atoms with van der Waals surface area (Å²) < 4.78 is 0. The zero-order valence-electron chi connectivity index (χ0n) is 14.6. The summed E-state index contributed by atoms with van der Waals surface area (Å²) in [5.74, 6) is 0.890. The molecule has 3 heteroatoms. The lowest BCUT2D eigenvalue weighted by Gasteiger charge is -2.40. The van der Waals surface area contributed by atoms with Crippen LogP contribution in [0, 0.1) is 5.92 Å². The molecule has 1 aromatic rings. The van der Waals surface area contributed by atoms with Gasteiger partial charge in [-0.15, -0.1) is 0 Å². The maximum atomic E-state index is 11.7. The summed E-state index contributed by atoms with van der Waals surface area (Å²) in [6, 6.07) is 10.7. The summed E-state index contributed by atoms with van der Waals surface area (Å²) in [7, 11) is 1.80. The van der Waals surface area contributed by atoms with Crippen LogP contribution < -0.4 is 10.6 Å². The fraction of sp³-hybridized carbons (Fsp3) is 0.632. The molecule has 3 nitrogen and oxygen atoms in total. The number of hydrogen-bond acceptors (Lipinski definition) is 2. The Morgan fingerprint density at radius 2 is 1.77 bits per heavy atom. The molecule has 22 heavy (non-hydrogen) atoms. The van der Waals surface area contributed by atoms with Gasteiger partial charge >= 0.3 is 0 Å². The molecule has 0 radical (unpaired) electrons. The van der Waals surface area contributed by atoms with Crippen LogP contribution in [0.4, 0.5) is 0 Å². The van der Waals surface area contributed by atoms with E-state index in [4.69, 9.17) is 0 Å². The molecule has 1 aliphatic rings. The SMILES string of the molecule is CC.CNCC(=O)NCC1(c2ccccc2)CCC(C)CC1. The Morgan fingerprint density at radius 3 is 2.32 bits per heavy atom. The second-order valence-electron chi connectivity index (χ2n) is 6.14. The first kappa shape index (κ1) is 18.7. The summed E-state index contributed by atoms with van der Waals surface area (Å²) in [5, 5.41) is 6.01. The smallest absolute Gasteiger partial charge is 0.233 e. The van der Waals surface area contributed by atoms with Crippen LogP contribution in [-0.4, -0.2) is 26.0 Å². The minimum atomic E-state index is 0.0847. The highest BCUT2D eigenvalue weighted by molar-refractivity contribution is 5.78. The predicted octanol–water partition coefficient (Wildman–Crippen LogP) is 3.50. The molecule has 0 spiro atoms. The van der Waals surface area contributed by atoms with E-state index in [1.807, 2.05) is 13.8 Å². The molecule has 0 atom stereocenters. The Balaban J connectivity index is 0.00000116. The lowest BCUT2D eigenvalue weighted by molar-refractivity contribution is -0.120. The quantitative estimate of drug-likeness (QED) is 0.874. The minimum absolute atomic E-state index is 0.0847. The van der Waals surface area contributed by atoms with Crippen LogP contribution in [0.5, 0.6) is 0 Å². The largest absolute Gasteiger partial charge is 0.354 e. The summed E-state index contributed by atoms with van der Waals surface area (Å²) in [5.41, 5.74) is 1.49. The third kappa shape index (κ3) is 5.13. The number of amides is 1. The van der Waals surface area contributed by atoms with Gasteiger partial charge in [0, 0.05) is 12.0 Å². The van der Waals surface area contributed by atoms with Crippen LogP contribution in [0.2, 0.25) is 0 Å². The number of carbonyl (C=O) groups is 1. The second kappa shape index (κ2) is 9.62. The van der Waals surface area contributed by atoms with Gasteiger partial charge in [0.1, 0.15) is 0 Å². The van der Waals surface area contributed by atoms with Crippen molar-refractivity contribution in [2.75, 3.05) is 20.1 Å². The fourth-order valence-corrected chi connectivity index (χ4v) is 3.16. The standard InChI is InChI=1S/C17H26N2O.C2H6/c1-14-8-10-17(11-9-14,13-19-16(20)12-18-2)15-6-4-3-5-7-15;1-2/h3-7,14,18H,8-13H2,1-2H3,(H,19,20);1-2H3. The Kier molecular flexibility index (Phi) is 8.18. The van der Waals surface area contributed by atoms with E-state index < -0.39 is 0 Å². The molecule has 0 bridgehead atoms. The van der Waals surface area contributed by atoms with Gasteiger partial charge in [-0.3, -0.25) is 4.79 Å². The van der Waals surface area contributed by atoms with Gasteiger partial charge < -0.3 is 10.6 Å². The van der Waals surface area contributed by atoms with Gasteiger partial charge in [-0.05, 0) is 44.2 Å². The van der Waals surface area contributed by atoms with E-state index in [1.165, 1.54) is 18.4 Å². The molecule has 0 unspecified atom stereocenters. The van der Waals surface area contributed by atoms with Crippen molar-refractivity contribution in [3.8, 4) is 0 Å². The molecular weight excluding hydrogens is 272 g/mol. The monoisotopic (exact) mass is 304 g/mol. The molecule has 0 aliphatic heterocycles. The van der Waals surface area contributed by atoms with Crippen LogP contribution >= 0.6 is 0 Å². The minimum Gasteiger partial charge on any atom is -0.354 e. The fourth-order valence-electron chi connectivity index (χ4n) is 3.16. The number of benzene rings is 1. The molecule has 2 N–H and O–H groups in total. The maximum absolute atomic E-state index is 11.7. The highest BCUT2D eigenvalue weighted by Gasteiger charge is 2.35. The van der Waals surface area contributed by atoms with Crippen molar-refractivity contribution in [1.29, 1.82) is 0 Å². The maximum Gasteiger partial charge on any atom is 0.233 e. The number of rotatable bonds is 5. The Hall–Kier alpha value is -1.35. The summed E-state index contributed by atoms with van der Waals surface area (Å²) in [6.45, 7) is 7.47. The van der Waals surface area contributed by atoms with E-state index in [1.54, 1.807) is 7.05 Å². The number of carbonyl (C=O) groups excluding carboxylic acids is 1. The molecule has 0 saturated heterocycles. The van der Waals surface area contributed by atoms with Crippen molar-refractivity contribution in [1.82, 2.24) is 10.6 Å². The third-order valence-corrected chi connectivity index (χ3v) is 4.58. The van der Waals surface area contributed by atoms with Gasteiger partial charge in [-0.25, -0.2) is 0 Å². The molecular formula is C19H32N2O. The Bertz CT molecular complexity index is 422. The van der Waals surface area contributed by atoms with Crippen LogP contribution in [-0.2, 0) is 10.2 Å². The van der Waals surface area contributed by atoms with Crippen molar-refractivity contribution >= 4 is 5.91 Å². The highest BCUT2D eigenvalue weighted by atomic mass is 16.1. The van der Waals surface area contributed by atoms with E-state index in [0.29, 0.717) is 6.54 Å². The molecule has 1 aliphatic carbocycles. The first-order valence-corrected chi connectivity index (χ1v) is 8.63. The van der Waals surface area contributed by atoms with Crippen LogP contribution in [0.3, 0.4) is 0 Å². The zero-order chi connectivity index (χ0) is 16.4. The van der Waals surface area contributed by atoms with Crippen molar-refractivity contribution in [3.05, 3.63) is 35.9 Å². The summed E-state index contributed by atoms with van der Waals surface area (Å²) in [4.78, 5) is 11.7. The lowest BCUT2D eigenvalue weighted by atomic mass is 9.67. The first-order chi connectivity index (χ1) is 10.7. The van der Waals surface area contributed by atoms with Crippen molar-refractivity contribution in [3.63, 3.8) is 0 Å². The Morgan fingerprint density at radius 1 is 1.18 bits per heavy atom. The number of likely N-dealkylation sites (N-methyl/N-ethyl adjacent to an activating group) is 1. The predicted molar refractivity (Wildman–Crippen MR) is 94.0 cm³/mol. The molecule has 1 amide bonds. The first-order valence-electron chi connectivity index (χ1n) is 8.63. The van der Waals surface area contributed by atoms with E-state index in [0.717, 1.165) is 25.3 Å². The molecule has 1 fully saturated rings. The van der Waals surface area contributed by atoms with Gasteiger partial charge in [-0.2, -0.15) is 0 Å². The van der Waals surface area contributed by atoms with E-state index in [2.05, 4.69) is 47.9 Å². The average Bonchev–Trinajstić information content (AvgIpc) is 2.58. The lowest BCUT2D eigenvalue weighted by Crippen LogP contribution is -2.45. The molecule has 2 rings (SSSR count). The summed E-state index contributed by atoms with van der Waals surface area (Å²) >= 11 is 0. The van der Waals surface area contributed by atoms with E-state index in [-0.39, 0.29) is 11.3 Å². The third-order valence-electron chi connectivity index (χ3n) is 4.58. The number of nitrogens with one attached hydrogen (secondary N) is 2. The molecule has 1 saturated carbocycles. The van der Waals surface area contributed by atoms with Gasteiger partial charge in [0.25, 0.3) is 0 Å². The second-order valence-corrected chi connectivity index (χ2v) is 6.14. The zero-order valence-corrected chi connectivity index (χ0v) is 14.6. The molecule has 0 aromatic heterocycles. The highest BCUT2D eigenvalue weighted by Crippen LogP contribution is 2.41. The van der Waals surface area contributed by atoms with Gasteiger partial charge in [0.05, 0.1) is 6.54 Å². The van der Waals surface area contributed by atoms with Gasteiger partial charge in [0.15, 0.2) is 0 Å². The molecule has 0 heterocycles. The van der Waals surface area contributed by atoms with E-state index in [9.17, 15) is 4.79 Å². The summed E-state index contributed by atoms with van der Waals surface area (Å²) in [6.07, 6.45) is 4.82. The van der Waals surface area contributed by atoms with Crippen molar-refractivity contribution in [2.24, 2.45) is 5.92 Å².